The number of aliphatic hydroxyl groups excluding tert-OH is 1. The van der Waals surface area contributed by atoms with Crippen molar-refractivity contribution in [3.63, 3.8) is 0 Å². The lowest BCUT2D eigenvalue weighted by atomic mass is 9.89. The summed E-state index contributed by atoms with van der Waals surface area (Å²) in [5, 5.41) is 14.2. The molecular weight excluding hydrogens is 533 g/mol. The fourth-order valence-electron chi connectivity index (χ4n) is 5.29. The highest BCUT2D eigenvalue weighted by atomic mass is 32.1. The molecule has 3 fully saturated rings. The number of carbonyl (C=O) groups is 2. The molecule has 0 unspecified atom stereocenters. The average Bonchev–Trinajstić information content (AvgIpc) is 3.56. The minimum Gasteiger partial charge on any atom is -0.393 e. The van der Waals surface area contributed by atoms with Gasteiger partial charge in [-0.15, -0.1) is 11.3 Å². The van der Waals surface area contributed by atoms with Crippen molar-refractivity contribution < 1.29 is 36.6 Å². The summed E-state index contributed by atoms with van der Waals surface area (Å²) in [4.78, 5) is 36.4. The van der Waals surface area contributed by atoms with Crippen LogP contribution < -0.4 is 10.6 Å². The molecule has 1 saturated carbocycles. The summed E-state index contributed by atoms with van der Waals surface area (Å²) < 4.78 is 67.3. The van der Waals surface area contributed by atoms with Crippen molar-refractivity contribution in [2.24, 2.45) is 0 Å². The molecule has 0 aromatic carbocycles. The lowest BCUT2D eigenvalue weighted by Gasteiger charge is -2.31. The predicted octanol–water partition coefficient (Wildman–Crippen LogP) is 4.53. The van der Waals surface area contributed by atoms with Crippen LogP contribution in [0, 0.1) is 0 Å². The molecule has 0 spiro atoms. The highest BCUT2D eigenvalue weighted by molar-refractivity contribution is 7.17. The first-order valence-corrected chi connectivity index (χ1v) is 13.2. The van der Waals surface area contributed by atoms with Gasteiger partial charge in [0.25, 0.3) is 18.2 Å². The number of hydrogen-bond donors (Lipinski definition) is 3. The maximum atomic E-state index is 14.2. The van der Waals surface area contributed by atoms with Gasteiger partial charge < -0.3 is 20.6 Å². The Hall–Kier alpha value is -2.87. The summed E-state index contributed by atoms with van der Waals surface area (Å²) in [6.45, 7) is 0.841. The molecule has 14 heteroatoms. The Morgan fingerprint density at radius 1 is 1.16 bits per heavy atom. The van der Waals surface area contributed by atoms with Crippen LogP contribution in [0.5, 0.6) is 0 Å². The van der Waals surface area contributed by atoms with E-state index < -0.39 is 47.9 Å². The van der Waals surface area contributed by atoms with Crippen LogP contribution in [0.1, 0.15) is 77.7 Å². The van der Waals surface area contributed by atoms with Gasteiger partial charge in [-0.25, -0.2) is 18.7 Å². The largest absolute Gasteiger partial charge is 0.408 e. The molecule has 2 saturated heterocycles. The van der Waals surface area contributed by atoms with Crippen molar-refractivity contribution >= 4 is 29.0 Å². The van der Waals surface area contributed by atoms with E-state index >= 15 is 0 Å². The third kappa shape index (κ3) is 5.07. The number of nitrogens with one attached hydrogen (secondary N) is 2. The zero-order chi connectivity index (χ0) is 27.4. The Kier molecular flexibility index (Phi) is 7.05. The van der Waals surface area contributed by atoms with Gasteiger partial charge in [0.1, 0.15) is 17.6 Å². The average molecular weight is 560 g/mol. The molecule has 5 rings (SSSR count). The fraction of sp³-hybridized carbons (Fsp3) is 0.583. The molecule has 2 bridgehead atoms. The number of hydrogen-bond acceptors (Lipinski definition) is 7. The molecule has 8 nitrogen and oxygen atoms in total. The van der Waals surface area contributed by atoms with Gasteiger partial charge >= 0.3 is 6.18 Å². The molecule has 1 aliphatic carbocycles. The van der Waals surface area contributed by atoms with Crippen molar-refractivity contribution in [2.75, 3.05) is 5.32 Å². The molecule has 3 N–H and O–H groups in total. The van der Waals surface area contributed by atoms with E-state index in [0.717, 1.165) is 56.2 Å². The number of fused-ring (bicyclic) bond motifs is 2. The molecule has 206 valence electrons. The van der Waals surface area contributed by atoms with Crippen LogP contribution in [-0.2, 0) is 0 Å². The molecular formula is C24H26F5N5O3S. The van der Waals surface area contributed by atoms with Gasteiger partial charge in [0, 0.05) is 35.4 Å². The van der Waals surface area contributed by atoms with Crippen LogP contribution in [0.25, 0.3) is 10.4 Å². The number of carbonyl (C=O) groups excluding carboxylic acids is 2. The third-order valence-corrected chi connectivity index (χ3v) is 8.52. The van der Waals surface area contributed by atoms with Crippen molar-refractivity contribution in [3.8, 4) is 10.4 Å². The molecule has 3 aliphatic rings. The summed E-state index contributed by atoms with van der Waals surface area (Å²) in [6.07, 6.45) is -3.18. The van der Waals surface area contributed by atoms with Crippen molar-refractivity contribution in [2.45, 2.75) is 88.3 Å². The van der Waals surface area contributed by atoms with Crippen LogP contribution in [0.15, 0.2) is 12.3 Å². The van der Waals surface area contributed by atoms with E-state index in [2.05, 4.69) is 20.6 Å². The highest BCUT2D eigenvalue weighted by Gasteiger charge is 2.44. The minimum absolute atomic E-state index is 0.0123. The normalized spacial score (nSPS) is 25.4. The molecule has 2 aromatic rings. The Bertz CT molecular complexity index is 1210. The fourth-order valence-corrected chi connectivity index (χ4v) is 6.28. The van der Waals surface area contributed by atoms with E-state index in [9.17, 15) is 36.6 Å². The highest BCUT2D eigenvalue weighted by Crippen LogP contribution is 2.42. The first kappa shape index (κ1) is 26.7. The van der Waals surface area contributed by atoms with Crippen LogP contribution in [0.2, 0.25) is 0 Å². The SMILES string of the molecule is C[C@H](Nc1cc(C(F)F)c(-c2sc(C(=O)N[C@H]3C[C@H](O)C3)nc2C(=O)N2C3CCC2CC3)cn1)C(F)(F)F. The zero-order valence-electron chi connectivity index (χ0n) is 20.3. The molecule has 1 atom stereocenters. The number of alkyl halides is 5. The maximum absolute atomic E-state index is 14.2. The summed E-state index contributed by atoms with van der Waals surface area (Å²) in [7, 11) is 0. The number of rotatable bonds is 7. The second kappa shape index (κ2) is 10.0. The Balaban J connectivity index is 1.52. The van der Waals surface area contributed by atoms with Gasteiger partial charge in [-0.2, -0.15) is 13.2 Å². The van der Waals surface area contributed by atoms with Gasteiger partial charge in [0.2, 0.25) is 0 Å². The van der Waals surface area contributed by atoms with Crippen LogP contribution in [0.3, 0.4) is 0 Å². The number of thiazole rings is 1. The number of pyridine rings is 1. The second-order valence-corrected chi connectivity index (χ2v) is 11.0. The number of anilines is 1. The summed E-state index contributed by atoms with van der Waals surface area (Å²) in [5.74, 6) is -1.46. The Morgan fingerprint density at radius 3 is 2.34 bits per heavy atom. The van der Waals surface area contributed by atoms with E-state index in [1.54, 1.807) is 4.90 Å². The monoisotopic (exact) mass is 559 g/mol. The second-order valence-electron chi connectivity index (χ2n) is 10.0. The van der Waals surface area contributed by atoms with Crippen molar-refractivity contribution in [3.05, 3.63) is 28.5 Å². The molecule has 4 heterocycles. The van der Waals surface area contributed by atoms with Gasteiger partial charge in [-0.1, -0.05) is 0 Å². The molecule has 0 radical (unpaired) electrons. The number of aliphatic hydroxyl groups is 1. The molecule has 38 heavy (non-hydrogen) atoms. The lowest BCUT2D eigenvalue weighted by Crippen LogP contribution is -2.46. The van der Waals surface area contributed by atoms with Crippen LogP contribution in [0.4, 0.5) is 27.8 Å². The van der Waals surface area contributed by atoms with Gasteiger partial charge in [0.05, 0.1) is 11.0 Å². The van der Waals surface area contributed by atoms with Crippen LogP contribution >= 0.6 is 11.3 Å². The smallest absolute Gasteiger partial charge is 0.393 e. The minimum atomic E-state index is -4.61. The van der Waals surface area contributed by atoms with Gasteiger partial charge in [-0.05, 0) is 51.5 Å². The molecule has 2 aromatic heterocycles. The Labute approximate surface area is 218 Å². The zero-order valence-corrected chi connectivity index (χ0v) is 21.1. The number of aromatic nitrogens is 2. The van der Waals surface area contributed by atoms with Crippen molar-refractivity contribution in [1.82, 2.24) is 20.2 Å². The summed E-state index contributed by atoms with van der Waals surface area (Å²) in [6, 6.07) is -1.45. The topological polar surface area (TPSA) is 107 Å². The maximum Gasteiger partial charge on any atom is 0.408 e. The summed E-state index contributed by atoms with van der Waals surface area (Å²) in [5.41, 5.74) is -0.954. The van der Waals surface area contributed by atoms with E-state index in [4.69, 9.17) is 0 Å². The first-order chi connectivity index (χ1) is 17.9. The van der Waals surface area contributed by atoms with E-state index in [0.29, 0.717) is 12.8 Å². The quantitative estimate of drug-likeness (QED) is 0.431. The van der Waals surface area contributed by atoms with Crippen LogP contribution in [-0.4, -0.2) is 68.2 Å². The van der Waals surface area contributed by atoms with E-state index in [1.807, 2.05) is 0 Å². The first-order valence-electron chi connectivity index (χ1n) is 12.4. The lowest BCUT2D eigenvalue weighted by molar-refractivity contribution is -0.138. The summed E-state index contributed by atoms with van der Waals surface area (Å²) >= 11 is 0.757. The predicted molar refractivity (Wildman–Crippen MR) is 128 cm³/mol. The number of amides is 2. The van der Waals surface area contributed by atoms with E-state index in [1.165, 1.54) is 0 Å². The Morgan fingerprint density at radius 2 is 1.79 bits per heavy atom. The number of halogens is 5. The van der Waals surface area contributed by atoms with Gasteiger partial charge in [-0.3, -0.25) is 9.59 Å². The third-order valence-electron chi connectivity index (χ3n) is 7.43. The van der Waals surface area contributed by atoms with Gasteiger partial charge in [0.15, 0.2) is 5.01 Å². The number of nitrogens with zero attached hydrogens (tertiary/aromatic N) is 3. The standard InChI is InChI=1S/C24H26F5N5O3S/c1-10(24(27,28)29)31-17-8-15(20(25)26)16(9-30-17)19-18(23(37)34-12-2-3-13(34)5-4-12)33-22(38-19)21(36)32-11-6-14(35)7-11/h8-14,20,35H,2-7H2,1H3,(H,30,31)(H,32,36)/t10-,11-,12?,13?,14-/m0/s1. The van der Waals surface area contributed by atoms with E-state index in [-0.39, 0.29) is 39.3 Å². The molecule has 2 amide bonds. The molecule has 2 aliphatic heterocycles. The van der Waals surface area contributed by atoms with Crippen molar-refractivity contribution in [1.29, 1.82) is 0 Å².